The summed E-state index contributed by atoms with van der Waals surface area (Å²) < 4.78 is 5.04. The lowest BCUT2D eigenvalue weighted by molar-refractivity contribution is -0.147. The molecule has 0 spiro atoms. The minimum absolute atomic E-state index is 0.0328. The van der Waals surface area contributed by atoms with Crippen molar-refractivity contribution in [1.29, 1.82) is 0 Å². The van der Waals surface area contributed by atoms with Crippen LogP contribution in [0, 0.1) is 6.92 Å². The Balaban J connectivity index is 2.61. The van der Waals surface area contributed by atoms with Crippen molar-refractivity contribution >= 4 is 5.97 Å². The van der Waals surface area contributed by atoms with Crippen LogP contribution in [0.15, 0.2) is 12.1 Å². The summed E-state index contributed by atoms with van der Waals surface area (Å²) in [5.41, 5.74) is 0.379. The number of benzene rings is 1. The Hall–Kier alpha value is -1.71. The van der Waals surface area contributed by atoms with E-state index in [2.05, 4.69) is 0 Å². The Bertz CT molecular complexity index is 461. The molecule has 0 unspecified atom stereocenters. The molecule has 0 amide bonds. The number of aryl methyl sites for hydroxylation is 1. The molecule has 0 aliphatic heterocycles. The normalized spacial score (nSPS) is 17.3. The van der Waals surface area contributed by atoms with Gasteiger partial charge in [0.05, 0.1) is 12.5 Å². The Kier molecular flexibility index (Phi) is 2.73. The van der Waals surface area contributed by atoms with Crippen molar-refractivity contribution in [2.75, 3.05) is 7.11 Å². The molecule has 1 saturated carbocycles. The predicted octanol–water partition coefficient (Wildman–Crippen LogP) is 2.22. The number of hydrogen-bond donors (Lipinski definition) is 2. The molecule has 1 aromatic carbocycles. The first-order chi connectivity index (χ1) is 8.03. The average Bonchev–Trinajstić information content (AvgIpc) is 2.21. The molecule has 0 atom stereocenters. The van der Waals surface area contributed by atoms with E-state index in [1.165, 1.54) is 7.11 Å². The average molecular weight is 236 g/mol. The Morgan fingerprint density at radius 1 is 1.41 bits per heavy atom. The van der Waals surface area contributed by atoms with Crippen LogP contribution in [0.25, 0.3) is 0 Å². The number of hydrogen-bond acceptors (Lipinski definition) is 3. The molecule has 2 rings (SSSR count). The molecule has 1 aliphatic rings. The maximum atomic E-state index is 11.5. The van der Waals surface area contributed by atoms with Crippen LogP contribution in [0.4, 0.5) is 0 Å². The first-order valence-corrected chi connectivity index (χ1v) is 5.63. The molecule has 1 aliphatic carbocycles. The number of ether oxygens (including phenoxy) is 1. The van der Waals surface area contributed by atoms with E-state index in [4.69, 9.17) is 4.74 Å². The van der Waals surface area contributed by atoms with Gasteiger partial charge in [0.15, 0.2) is 11.5 Å². The van der Waals surface area contributed by atoms with Crippen LogP contribution in [0.1, 0.15) is 30.4 Å². The largest absolute Gasteiger partial charge is 0.504 e. The maximum Gasteiger partial charge on any atom is 0.314 e. The van der Waals surface area contributed by atoms with Crippen molar-refractivity contribution in [2.24, 2.45) is 0 Å². The number of carboxylic acid groups (broad SMARTS) is 1. The number of aliphatic carboxylic acids is 1. The number of methoxy groups -OCH3 is 1. The van der Waals surface area contributed by atoms with E-state index in [1.807, 2.05) is 6.92 Å². The van der Waals surface area contributed by atoms with E-state index in [-0.39, 0.29) is 5.75 Å². The molecule has 1 fully saturated rings. The third kappa shape index (κ3) is 1.55. The summed E-state index contributed by atoms with van der Waals surface area (Å²) in [5.74, 6) is -0.567. The van der Waals surface area contributed by atoms with Crippen LogP contribution in [0.2, 0.25) is 0 Å². The van der Waals surface area contributed by atoms with Crippen LogP contribution in [0.5, 0.6) is 11.5 Å². The van der Waals surface area contributed by atoms with Crippen molar-refractivity contribution in [3.63, 3.8) is 0 Å². The van der Waals surface area contributed by atoms with Gasteiger partial charge in [-0.05, 0) is 31.4 Å². The number of phenolic OH excluding ortho intramolecular Hbond substituents is 1. The van der Waals surface area contributed by atoms with Gasteiger partial charge in [0.1, 0.15) is 0 Å². The number of aromatic hydroxyl groups is 1. The number of rotatable bonds is 3. The summed E-state index contributed by atoms with van der Waals surface area (Å²) in [6.45, 7) is 1.82. The van der Waals surface area contributed by atoms with Gasteiger partial charge in [0, 0.05) is 5.56 Å². The lowest BCUT2D eigenvalue weighted by atomic mass is 9.63. The molecule has 0 radical (unpaired) electrons. The molecular formula is C13H16O4. The van der Waals surface area contributed by atoms with E-state index < -0.39 is 11.4 Å². The molecule has 4 nitrogen and oxygen atoms in total. The second-order valence-corrected chi connectivity index (χ2v) is 4.55. The highest BCUT2D eigenvalue weighted by Crippen LogP contribution is 2.50. The number of carboxylic acids is 1. The fraction of sp³-hybridized carbons (Fsp3) is 0.462. The highest BCUT2D eigenvalue weighted by Gasteiger charge is 2.48. The molecule has 17 heavy (non-hydrogen) atoms. The summed E-state index contributed by atoms with van der Waals surface area (Å²) in [4.78, 5) is 11.5. The van der Waals surface area contributed by atoms with Crippen LogP contribution in [-0.2, 0) is 10.2 Å². The molecule has 2 N–H and O–H groups in total. The van der Waals surface area contributed by atoms with E-state index >= 15 is 0 Å². The first-order valence-electron chi connectivity index (χ1n) is 5.63. The van der Waals surface area contributed by atoms with Crippen molar-refractivity contribution in [1.82, 2.24) is 0 Å². The van der Waals surface area contributed by atoms with Crippen LogP contribution in [0.3, 0.4) is 0 Å². The van der Waals surface area contributed by atoms with E-state index in [0.29, 0.717) is 24.2 Å². The number of carbonyl (C=O) groups is 1. The van der Waals surface area contributed by atoms with Gasteiger partial charge in [0.25, 0.3) is 0 Å². The summed E-state index contributed by atoms with van der Waals surface area (Å²) in [6, 6.07) is 3.44. The van der Waals surface area contributed by atoms with Crippen molar-refractivity contribution in [3.8, 4) is 11.5 Å². The summed E-state index contributed by atoms with van der Waals surface area (Å²) in [6.07, 6.45) is 2.02. The van der Waals surface area contributed by atoms with E-state index in [9.17, 15) is 15.0 Å². The first kappa shape index (κ1) is 11.8. The second kappa shape index (κ2) is 3.95. The van der Waals surface area contributed by atoms with Gasteiger partial charge < -0.3 is 14.9 Å². The van der Waals surface area contributed by atoms with Gasteiger partial charge in [0.2, 0.25) is 0 Å². The van der Waals surface area contributed by atoms with Gasteiger partial charge in [-0.2, -0.15) is 0 Å². The van der Waals surface area contributed by atoms with E-state index in [1.54, 1.807) is 12.1 Å². The third-order valence-corrected chi connectivity index (χ3v) is 3.66. The zero-order valence-electron chi connectivity index (χ0n) is 9.99. The molecule has 0 aromatic heterocycles. The molecule has 92 valence electrons. The molecule has 4 heteroatoms. The summed E-state index contributed by atoms with van der Waals surface area (Å²) >= 11 is 0. The molecule has 0 saturated heterocycles. The zero-order valence-corrected chi connectivity index (χ0v) is 9.99. The van der Waals surface area contributed by atoms with Crippen LogP contribution in [-0.4, -0.2) is 23.3 Å². The van der Waals surface area contributed by atoms with Gasteiger partial charge in [-0.3, -0.25) is 4.79 Å². The van der Waals surface area contributed by atoms with Gasteiger partial charge in [-0.25, -0.2) is 0 Å². The third-order valence-electron chi connectivity index (χ3n) is 3.66. The van der Waals surface area contributed by atoms with Crippen molar-refractivity contribution < 1.29 is 19.7 Å². The molecule has 0 bridgehead atoms. The van der Waals surface area contributed by atoms with E-state index in [0.717, 1.165) is 12.0 Å². The Morgan fingerprint density at radius 2 is 2.06 bits per heavy atom. The monoisotopic (exact) mass is 236 g/mol. The Labute approximate surface area is 99.8 Å². The van der Waals surface area contributed by atoms with Gasteiger partial charge in [-0.1, -0.05) is 12.5 Å². The topological polar surface area (TPSA) is 66.8 Å². The molecular weight excluding hydrogens is 220 g/mol. The lowest BCUT2D eigenvalue weighted by Gasteiger charge is -2.39. The lowest BCUT2D eigenvalue weighted by Crippen LogP contribution is -2.43. The summed E-state index contributed by atoms with van der Waals surface area (Å²) in [7, 11) is 1.46. The molecule has 0 heterocycles. The maximum absolute atomic E-state index is 11.5. The molecule has 1 aromatic rings. The van der Waals surface area contributed by atoms with Crippen LogP contribution >= 0.6 is 0 Å². The standard InChI is InChI=1S/C13H16O4/c1-8-4-5-9(17-2)11(14)10(8)13(12(15)16)6-3-7-13/h4-5,14H,3,6-7H2,1-2H3,(H,15,16). The minimum atomic E-state index is -0.928. The highest BCUT2D eigenvalue weighted by atomic mass is 16.5. The second-order valence-electron chi connectivity index (χ2n) is 4.55. The van der Waals surface area contributed by atoms with Crippen molar-refractivity contribution in [3.05, 3.63) is 23.3 Å². The van der Waals surface area contributed by atoms with Gasteiger partial charge >= 0.3 is 5.97 Å². The minimum Gasteiger partial charge on any atom is -0.504 e. The van der Waals surface area contributed by atoms with Gasteiger partial charge in [-0.15, -0.1) is 0 Å². The quantitative estimate of drug-likeness (QED) is 0.844. The van der Waals surface area contributed by atoms with Crippen molar-refractivity contribution in [2.45, 2.75) is 31.6 Å². The summed E-state index contributed by atoms with van der Waals surface area (Å²) in [5, 5.41) is 19.5. The highest BCUT2D eigenvalue weighted by molar-refractivity contribution is 5.85. The Morgan fingerprint density at radius 3 is 2.47 bits per heavy atom. The van der Waals surface area contributed by atoms with Crippen LogP contribution < -0.4 is 4.74 Å². The SMILES string of the molecule is COc1ccc(C)c(C2(C(=O)O)CCC2)c1O. The fourth-order valence-electron chi connectivity index (χ4n) is 2.54. The smallest absolute Gasteiger partial charge is 0.314 e. The zero-order chi connectivity index (χ0) is 12.6. The fourth-order valence-corrected chi connectivity index (χ4v) is 2.54. The number of phenols is 1. The predicted molar refractivity (Wildman–Crippen MR) is 62.6 cm³/mol.